The third-order valence-electron chi connectivity index (χ3n) is 3.90. The number of aromatic nitrogens is 1. The Morgan fingerprint density at radius 3 is 2.91 bits per heavy atom. The van der Waals surface area contributed by atoms with Crippen LogP contribution < -0.4 is 10.1 Å². The summed E-state index contributed by atoms with van der Waals surface area (Å²) < 4.78 is 10.9. The molecule has 0 radical (unpaired) electrons. The predicted octanol–water partition coefficient (Wildman–Crippen LogP) is 3.36. The van der Waals surface area contributed by atoms with E-state index in [1.807, 2.05) is 38.1 Å². The Morgan fingerprint density at radius 2 is 2.14 bits per heavy atom. The highest BCUT2D eigenvalue weighted by Crippen LogP contribution is 2.32. The molecule has 0 fully saturated rings. The molecule has 0 saturated carbocycles. The fraction of sp³-hybridized carbons (Fsp3) is 0.412. The van der Waals surface area contributed by atoms with Crippen molar-refractivity contribution < 1.29 is 14.1 Å². The lowest BCUT2D eigenvalue weighted by Crippen LogP contribution is -2.32. The number of nitrogens with zero attached hydrogens (tertiary/aromatic N) is 1. The summed E-state index contributed by atoms with van der Waals surface area (Å²) in [7, 11) is 0. The Bertz CT molecular complexity index is 691. The third-order valence-corrected chi connectivity index (χ3v) is 3.90. The van der Waals surface area contributed by atoms with E-state index in [0.717, 1.165) is 17.7 Å². The molecule has 1 amide bonds. The van der Waals surface area contributed by atoms with Gasteiger partial charge in [-0.25, -0.2) is 0 Å². The van der Waals surface area contributed by atoms with E-state index < -0.39 is 0 Å². The van der Waals surface area contributed by atoms with Gasteiger partial charge in [-0.05, 0) is 13.0 Å². The van der Waals surface area contributed by atoms with E-state index in [1.54, 1.807) is 6.92 Å². The number of carbonyl (C=O) groups excluding carboxylic acids is 1. The van der Waals surface area contributed by atoms with Crippen molar-refractivity contribution in [1.29, 1.82) is 0 Å². The van der Waals surface area contributed by atoms with Gasteiger partial charge in [-0.3, -0.25) is 4.79 Å². The number of ether oxygens (including phenoxy) is 1. The first-order chi connectivity index (χ1) is 10.6. The van der Waals surface area contributed by atoms with Crippen LogP contribution in [0.4, 0.5) is 0 Å². The molecule has 1 aromatic carbocycles. The van der Waals surface area contributed by atoms with Crippen LogP contribution in [0, 0.1) is 6.92 Å². The zero-order chi connectivity index (χ0) is 15.7. The molecule has 5 nitrogen and oxygen atoms in total. The Balaban J connectivity index is 1.86. The van der Waals surface area contributed by atoms with Crippen molar-refractivity contribution in [3.8, 4) is 5.75 Å². The molecule has 2 heterocycles. The molecule has 1 N–H and O–H groups in total. The second kappa shape index (κ2) is 5.83. The maximum atomic E-state index is 12.7. The van der Waals surface area contributed by atoms with Gasteiger partial charge >= 0.3 is 0 Å². The molecule has 1 aliphatic heterocycles. The quantitative estimate of drug-likeness (QED) is 0.944. The number of benzene rings is 1. The summed E-state index contributed by atoms with van der Waals surface area (Å²) in [5.41, 5.74) is 2.20. The number of fused-ring (bicyclic) bond motifs is 1. The molecule has 1 aromatic heterocycles. The van der Waals surface area contributed by atoms with Gasteiger partial charge < -0.3 is 14.6 Å². The molecule has 1 atom stereocenters. The first-order valence-corrected chi connectivity index (χ1v) is 7.56. The maximum Gasteiger partial charge on any atom is 0.257 e. The van der Waals surface area contributed by atoms with Crippen LogP contribution in [0.15, 0.2) is 28.8 Å². The molecule has 1 unspecified atom stereocenters. The topological polar surface area (TPSA) is 64.4 Å². The highest BCUT2D eigenvalue weighted by Gasteiger charge is 2.27. The lowest BCUT2D eigenvalue weighted by atomic mass is 9.99. The maximum absolute atomic E-state index is 12.7. The lowest BCUT2D eigenvalue weighted by Gasteiger charge is -2.26. The van der Waals surface area contributed by atoms with Gasteiger partial charge in [-0.1, -0.05) is 37.2 Å². The summed E-state index contributed by atoms with van der Waals surface area (Å²) >= 11 is 0. The molecule has 116 valence electrons. The number of carbonyl (C=O) groups is 1. The summed E-state index contributed by atoms with van der Waals surface area (Å²) in [4.78, 5) is 12.7. The van der Waals surface area contributed by atoms with Crippen molar-refractivity contribution in [3.05, 3.63) is 46.8 Å². The van der Waals surface area contributed by atoms with E-state index in [9.17, 15) is 4.79 Å². The fourth-order valence-electron chi connectivity index (χ4n) is 2.78. The summed E-state index contributed by atoms with van der Waals surface area (Å²) in [5.74, 6) is 1.45. The number of hydrogen-bond acceptors (Lipinski definition) is 4. The Kier molecular flexibility index (Phi) is 3.88. The van der Waals surface area contributed by atoms with Crippen molar-refractivity contribution >= 4 is 5.91 Å². The van der Waals surface area contributed by atoms with Crippen LogP contribution in [-0.2, 0) is 0 Å². The second-order valence-corrected chi connectivity index (χ2v) is 5.86. The normalized spacial score (nSPS) is 17.0. The van der Waals surface area contributed by atoms with Gasteiger partial charge in [0.05, 0.1) is 18.3 Å². The average molecular weight is 300 g/mol. The summed E-state index contributed by atoms with van der Waals surface area (Å²) in [6.07, 6.45) is 0.754. The van der Waals surface area contributed by atoms with Gasteiger partial charge in [-0.2, -0.15) is 0 Å². The Morgan fingerprint density at radius 1 is 1.36 bits per heavy atom. The van der Waals surface area contributed by atoms with Crippen LogP contribution in [0.3, 0.4) is 0 Å². The highest BCUT2D eigenvalue weighted by atomic mass is 16.5. The van der Waals surface area contributed by atoms with Crippen molar-refractivity contribution in [2.75, 3.05) is 6.61 Å². The third kappa shape index (κ3) is 2.58. The van der Waals surface area contributed by atoms with Crippen LogP contribution in [0.1, 0.15) is 59.6 Å². The van der Waals surface area contributed by atoms with Gasteiger partial charge in [0.25, 0.3) is 5.91 Å². The number of hydrogen-bond donors (Lipinski definition) is 1. The number of nitrogens with one attached hydrogen (secondary N) is 1. The number of aryl methyl sites for hydroxylation is 1. The van der Waals surface area contributed by atoms with Gasteiger partial charge in [0.2, 0.25) is 0 Å². The average Bonchev–Trinajstić information content (AvgIpc) is 2.90. The molecule has 0 saturated heterocycles. The molecule has 5 heteroatoms. The van der Waals surface area contributed by atoms with Gasteiger partial charge in [0.1, 0.15) is 11.3 Å². The minimum absolute atomic E-state index is 0.0493. The van der Waals surface area contributed by atoms with Crippen molar-refractivity contribution in [1.82, 2.24) is 10.5 Å². The molecule has 0 aliphatic carbocycles. The minimum atomic E-state index is -0.135. The molecule has 3 rings (SSSR count). The molecule has 2 aromatic rings. The summed E-state index contributed by atoms with van der Waals surface area (Å²) in [6.45, 7) is 6.37. The second-order valence-electron chi connectivity index (χ2n) is 5.86. The van der Waals surface area contributed by atoms with E-state index in [2.05, 4.69) is 10.5 Å². The number of rotatable bonds is 3. The zero-order valence-corrected chi connectivity index (χ0v) is 13.1. The van der Waals surface area contributed by atoms with Gasteiger partial charge in [0.15, 0.2) is 5.76 Å². The molecule has 0 spiro atoms. The van der Waals surface area contributed by atoms with Crippen LogP contribution in [0.25, 0.3) is 0 Å². The van der Waals surface area contributed by atoms with E-state index >= 15 is 0 Å². The molecule has 22 heavy (non-hydrogen) atoms. The molecular weight excluding hydrogens is 280 g/mol. The molecular formula is C17H20N2O3. The SMILES string of the molecule is Cc1noc(C(C)C)c1C(=O)NC1CCOc2ccccc21. The number of amides is 1. The van der Waals surface area contributed by atoms with Crippen molar-refractivity contribution in [2.45, 2.75) is 39.2 Å². The molecule has 1 aliphatic rings. The smallest absolute Gasteiger partial charge is 0.257 e. The monoisotopic (exact) mass is 300 g/mol. The summed E-state index contributed by atoms with van der Waals surface area (Å²) in [5, 5.41) is 7.03. The minimum Gasteiger partial charge on any atom is -0.493 e. The number of para-hydroxylation sites is 1. The van der Waals surface area contributed by atoms with Crippen molar-refractivity contribution in [2.24, 2.45) is 0 Å². The first kappa shape index (κ1) is 14.6. The van der Waals surface area contributed by atoms with Gasteiger partial charge in [0, 0.05) is 17.9 Å². The largest absolute Gasteiger partial charge is 0.493 e. The van der Waals surface area contributed by atoms with E-state index in [1.165, 1.54) is 0 Å². The Hall–Kier alpha value is -2.30. The standard InChI is InChI=1S/C17H20N2O3/c1-10(2)16-15(11(3)19-22-16)17(20)18-13-8-9-21-14-7-5-4-6-12(13)14/h4-7,10,13H,8-9H2,1-3H3,(H,18,20). The van der Waals surface area contributed by atoms with E-state index in [-0.39, 0.29) is 17.9 Å². The van der Waals surface area contributed by atoms with Crippen molar-refractivity contribution in [3.63, 3.8) is 0 Å². The highest BCUT2D eigenvalue weighted by molar-refractivity contribution is 5.96. The molecule has 0 bridgehead atoms. The predicted molar refractivity (Wildman–Crippen MR) is 82.1 cm³/mol. The summed E-state index contributed by atoms with van der Waals surface area (Å²) in [6, 6.07) is 7.76. The zero-order valence-electron chi connectivity index (χ0n) is 13.1. The van der Waals surface area contributed by atoms with Crippen LogP contribution in [0.5, 0.6) is 5.75 Å². The van der Waals surface area contributed by atoms with E-state index in [4.69, 9.17) is 9.26 Å². The lowest BCUT2D eigenvalue weighted by molar-refractivity contribution is 0.0921. The first-order valence-electron chi connectivity index (χ1n) is 7.56. The van der Waals surface area contributed by atoms with Gasteiger partial charge in [-0.15, -0.1) is 0 Å². The van der Waals surface area contributed by atoms with Crippen LogP contribution in [0.2, 0.25) is 0 Å². The van der Waals surface area contributed by atoms with Crippen LogP contribution >= 0.6 is 0 Å². The fourth-order valence-corrected chi connectivity index (χ4v) is 2.78. The van der Waals surface area contributed by atoms with E-state index in [0.29, 0.717) is 23.6 Å². The Labute approximate surface area is 129 Å². The van der Waals surface area contributed by atoms with Crippen LogP contribution in [-0.4, -0.2) is 17.7 Å².